The van der Waals surface area contributed by atoms with E-state index >= 15 is 0 Å². The van der Waals surface area contributed by atoms with Gasteiger partial charge in [0.05, 0.1) is 18.7 Å². The number of Topliss-reactive ketones (excluding diaryl/α,β-unsaturated/α-hetero) is 1. The third kappa shape index (κ3) is 3.75. The lowest BCUT2D eigenvalue weighted by Gasteiger charge is -2.25. The number of halogens is 1. The van der Waals surface area contributed by atoms with Crippen LogP contribution in [0, 0.1) is 5.82 Å². The Morgan fingerprint density at radius 2 is 1.87 bits per heavy atom. The third-order valence-electron chi connectivity index (χ3n) is 5.04. The molecule has 8 heteroatoms. The van der Waals surface area contributed by atoms with E-state index in [0.29, 0.717) is 11.1 Å². The van der Waals surface area contributed by atoms with Crippen LogP contribution >= 0.6 is 0 Å². The summed E-state index contributed by atoms with van der Waals surface area (Å²) >= 11 is 0. The van der Waals surface area contributed by atoms with E-state index < -0.39 is 29.3 Å². The van der Waals surface area contributed by atoms with Gasteiger partial charge in [0.2, 0.25) is 0 Å². The zero-order valence-corrected chi connectivity index (χ0v) is 16.5. The molecule has 1 aliphatic rings. The van der Waals surface area contributed by atoms with Crippen molar-refractivity contribution in [1.82, 2.24) is 14.9 Å². The Morgan fingerprint density at radius 1 is 1.13 bits per heavy atom. The topological polar surface area (TPSA) is 92.6 Å². The van der Waals surface area contributed by atoms with Gasteiger partial charge in [-0.3, -0.25) is 19.6 Å². The number of aliphatic hydroxyl groups excluding tert-OH is 1. The van der Waals surface area contributed by atoms with Crippen LogP contribution in [0.4, 0.5) is 4.39 Å². The second-order valence-electron chi connectivity index (χ2n) is 6.92. The van der Waals surface area contributed by atoms with Gasteiger partial charge in [-0.15, -0.1) is 0 Å². The van der Waals surface area contributed by atoms with Crippen LogP contribution in [0.5, 0.6) is 5.75 Å². The van der Waals surface area contributed by atoms with E-state index in [2.05, 4.69) is 9.97 Å². The van der Waals surface area contributed by atoms with Crippen molar-refractivity contribution in [3.63, 3.8) is 0 Å². The summed E-state index contributed by atoms with van der Waals surface area (Å²) < 4.78 is 19.1. The maximum Gasteiger partial charge on any atom is 0.295 e. The number of carbonyl (C=O) groups excluding carboxylic acids is 2. The molecule has 0 radical (unpaired) electrons. The van der Waals surface area contributed by atoms with Gasteiger partial charge in [-0.05, 0) is 41.5 Å². The molecule has 7 nitrogen and oxygen atoms in total. The first kappa shape index (κ1) is 20.2. The number of ketones is 1. The molecular weight excluding hydrogens is 401 g/mol. The fourth-order valence-corrected chi connectivity index (χ4v) is 3.58. The van der Waals surface area contributed by atoms with Crippen LogP contribution in [0.1, 0.15) is 22.7 Å². The van der Waals surface area contributed by atoms with E-state index in [0.717, 1.165) is 6.07 Å². The van der Waals surface area contributed by atoms with Gasteiger partial charge < -0.3 is 14.7 Å². The molecule has 156 valence electrons. The predicted molar refractivity (Wildman–Crippen MR) is 109 cm³/mol. The van der Waals surface area contributed by atoms with Crippen molar-refractivity contribution in [1.29, 1.82) is 0 Å². The van der Waals surface area contributed by atoms with Gasteiger partial charge in [-0.25, -0.2) is 4.39 Å². The number of aliphatic hydroxyl groups is 1. The molecule has 0 bridgehead atoms. The highest BCUT2D eigenvalue weighted by molar-refractivity contribution is 6.46. The number of methoxy groups -OCH3 is 1. The maximum atomic E-state index is 14.2. The average Bonchev–Trinajstić information content (AvgIpc) is 3.04. The first-order chi connectivity index (χ1) is 15.0. The zero-order valence-electron chi connectivity index (χ0n) is 16.5. The Labute approximate surface area is 177 Å². The lowest BCUT2D eigenvalue weighted by atomic mass is 9.96. The van der Waals surface area contributed by atoms with Crippen LogP contribution in [0.2, 0.25) is 0 Å². The highest BCUT2D eigenvalue weighted by Gasteiger charge is 2.46. The number of amides is 1. The number of hydrogen-bond acceptors (Lipinski definition) is 6. The van der Waals surface area contributed by atoms with E-state index in [1.165, 1.54) is 30.3 Å². The molecule has 1 amide bonds. The summed E-state index contributed by atoms with van der Waals surface area (Å²) in [6, 6.07) is 9.83. The quantitative estimate of drug-likeness (QED) is 0.388. The molecule has 1 atom stereocenters. The molecule has 1 N–H and O–H groups in total. The van der Waals surface area contributed by atoms with Gasteiger partial charge in [-0.1, -0.05) is 12.1 Å². The van der Waals surface area contributed by atoms with Gasteiger partial charge in [0.1, 0.15) is 5.76 Å². The van der Waals surface area contributed by atoms with E-state index in [9.17, 15) is 19.1 Å². The first-order valence-corrected chi connectivity index (χ1v) is 9.42. The van der Waals surface area contributed by atoms with Crippen molar-refractivity contribution in [3.05, 3.63) is 95.3 Å². The third-order valence-corrected chi connectivity index (χ3v) is 5.04. The second-order valence-corrected chi connectivity index (χ2v) is 6.92. The van der Waals surface area contributed by atoms with Gasteiger partial charge in [0.25, 0.3) is 11.7 Å². The second kappa shape index (κ2) is 8.35. The van der Waals surface area contributed by atoms with Crippen molar-refractivity contribution in [2.45, 2.75) is 12.6 Å². The first-order valence-electron chi connectivity index (χ1n) is 9.42. The summed E-state index contributed by atoms with van der Waals surface area (Å²) in [7, 11) is 1.32. The van der Waals surface area contributed by atoms with Crippen molar-refractivity contribution in [2.75, 3.05) is 7.11 Å². The van der Waals surface area contributed by atoms with Crippen LogP contribution in [0.15, 0.2) is 72.8 Å². The van der Waals surface area contributed by atoms with Crippen molar-refractivity contribution < 1.29 is 23.8 Å². The number of ether oxygens (including phenoxy) is 1. The molecule has 4 rings (SSSR count). The van der Waals surface area contributed by atoms with Crippen LogP contribution in [0.3, 0.4) is 0 Å². The Kier molecular flexibility index (Phi) is 5.44. The number of hydrogen-bond donors (Lipinski definition) is 1. The standard InChI is InChI=1S/C23H18FN3O4/c1-31-18-7-6-15(10-17(18)24)21(28)19-20(16-5-3-9-26-12-16)27(23(30)22(19)29)13-14-4-2-8-25-11-14/h2-12,20,28H,13H2,1H3. The van der Waals surface area contributed by atoms with E-state index in [-0.39, 0.29) is 23.4 Å². The number of nitrogens with zero attached hydrogens (tertiary/aromatic N) is 3. The summed E-state index contributed by atoms with van der Waals surface area (Å²) in [5.74, 6) is -2.80. The Balaban J connectivity index is 1.85. The Bertz CT molecular complexity index is 1170. The molecule has 1 saturated heterocycles. The lowest BCUT2D eigenvalue weighted by molar-refractivity contribution is -0.140. The number of likely N-dealkylation sites (tertiary alicyclic amines) is 1. The van der Waals surface area contributed by atoms with E-state index in [4.69, 9.17) is 4.74 Å². The molecule has 0 spiro atoms. The molecule has 1 aliphatic heterocycles. The number of carbonyl (C=O) groups is 2. The van der Waals surface area contributed by atoms with Gasteiger partial charge in [0, 0.05) is 36.9 Å². The smallest absolute Gasteiger partial charge is 0.295 e. The molecule has 3 heterocycles. The summed E-state index contributed by atoms with van der Waals surface area (Å²) in [5.41, 5.74) is 1.19. The van der Waals surface area contributed by atoms with Gasteiger partial charge in [-0.2, -0.15) is 0 Å². The number of benzene rings is 1. The fraction of sp³-hybridized carbons (Fsp3) is 0.130. The highest BCUT2D eigenvalue weighted by Crippen LogP contribution is 2.40. The molecule has 1 fully saturated rings. The van der Waals surface area contributed by atoms with Crippen LogP contribution < -0.4 is 4.74 Å². The predicted octanol–water partition coefficient (Wildman–Crippen LogP) is 3.25. The average molecular weight is 419 g/mol. The molecule has 0 saturated carbocycles. The Hall–Kier alpha value is -4.07. The van der Waals surface area contributed by atoms with Gasteiger partial charge >= 0.3 is 0 Å². The molecule has 31 heavy (non-hydrogen) atoms. The zero-order chi connectivity index (χ0) is 22.0. The minimum absolute atomic E-state index is 0.00242. The number of aromatic nitrogens is 2. The minimum atomic E-state index is -0.890. The Morgan fingerprint density at radius 3 is 2.48 bits per heavy atom. The summed E-state index contributed by atoms with van der Waals surface area (Å²) in [5, 5.41) is 11.0. The monoisotopic (exact) mass is 419 g/mol. The van der Waals surface area contributed by atoms with E-state index in [1.54, 1.807) is 42.9 Å². The molecular formula is C23H18FN3O4. The van der Waals surface area contributed by atoms with Crippen LogP contribution in [-0.4, -0.2) is 38.8 Å². The normalized spacial score (nSPS) is 17.7. The minimum Gasteiger partial charge on any atom is -0.507 e. The lowest BCUT2D eigenvalue weighted by Crippen LogP contribution is -2.29. The maximum absolute atomic E-state index is 14.2. The van der Waals surface area contributed by atoms with Crippen molar-refractivity contribution in [3.8, 4) is 5.75 Å². The molecule has 2 aromatic heterocycles. The highest BCUT2D eigenvalue weighted by atomic mass is 19.1. The summed E-state index contributed by atoms with van der Waals surface area (Å²) in [6.07, 6.45) is 6.29. The number of pyridine rings is 2. The molecule has 1 unspecified atom stereocenters. The largest absolute Gasteiger partial charge is 0.507 e. The fourth-order valence-electron chi connectivity index (χ4n) is 3.58. The molecule has 3 aromatic rings. The molecule has 0 aliphatic carbocycles. The van der Waals surface area contributed by atoms with Crippen molar-refractivity contribution >= 4 is 17.4 Å². The summed E-state index contributed by atoms with van der Waals surface area (Å²) in [6.45, 7) is 0.103. The van der Waals surface area contributed by atoms with Crippen molar-refractivity contribution in [2.24, 2.45) is 0 Å². The summed E-state index contributed by atoms with van der Waals surface area (Å²) in [4.78, 5) is 35.3. The van der Waals surface area contributed by atoms with Crippen LogP contribution in [-0.2, 0) is 16.1 Å². The SMILES string of the molecule is COc1ccc(C(O)=C2C(=O)C(=O)N(Cc3cccnc3)C2c2cccnc2)cc1F. The van der Waals surface area contributed by atoms with E-state index in [1.807, 2.05) is 0 Å². The van der Waals surface area contributed by atoms with Crippen LogP contribution in [0.25, 0.3) is 5.76 Å². The molecule has 1 aromatic carbocycles. The van der Waals surface area contributed by atoms with Gasteiger partial charge in [0.15, 0.2) is 11.6 Å². The number of rotatable bonds is 5.